The van der Waals surface area contributed by atoms with Crippen LogP contribution in [-0.2, 0) is 0 Å². The summed E-state index contributed by atoms with van der Waals surface area (Å²) < 4.78 is 15.2. The minimum absolute atomic E-state index is 0.240. The predicted octanol–water partition coefficient (Wildman–Crippen LogP) is 1.61. The maximum atomic E-state index is 5.15. The fourth-order valence-corrected chi connectivity index (χ4v) is 1.82. The Kier molecular flexibility index (Phi) is 4.48. The standard InChI is InChI=1S/C9H14N2O3S/c1-5-15-6-7(12-2)10-9(14-4)11-8(6)13-3/h5H2,1-4H3. The number of ether oxygens (including phenoxy) is 3. The molecule has 6 heteroatoms. The van der Waals surface area contributed by atoms with Crippen LogP contribution < -0.4 is 14.2 Å². The first-order valence-corrected chi connectivity index (χ1v) is 5.42. The average Bonchev–Trinajstić information content (AvgIpc) is 2.29. The molecule has 0 spiro atoms. The third-order valence-corrected chi connectivity index (χ3v) is 2.57. The van der Waals surface area contributed by atoms with E-state index in [1.807, 2.05) is 6.92 Å². The molecule has 0 fully saturated rings. The van der Waals surface area contributed by atoms with Gasteiger partial charge in [-0.2, -0.15) is 9.97 Å². The van der Waals surface area contributed by atoms with Crippen molar-refractivity contribution in [3.05, 3.63) is 0 Å². The van der Waals surface area contributed by atoms with E-state index in [-0.39, 0.29) is 6.01 Å². The molecule has 0 aliphatic carbocycles. The predicted molar refractivity (Wildman–Crippen MR) is 58.1 cm³/mol. The molecule has 15 heavy (non-hydrogen) atoms. The molecule has 0 saturated carbocycles. The van der Waals surface area contributed by atoms with Crippen LogP contribution in [0.25, 0.3) is 0 Å². The average molecular weight is 230 g/mol. The highest BCUT2D eigenvalue weighted by molar-refractivity contribution is 7.99. The van der Waals surface area contributed by atoms with Crippen molar-refractivity contribution in [2.45, 2.75) is 11.8 Å². The smallest absolute Gasteiger partial charge is 0.322 e. The molecule has 1 heterocycles. The van der Waals surface area contributed by atoms with Crippen molar-refractivity contribution in [1.82, 2.24) is 9.97 Å². The molecule has 0 amide bonds. The molecule has 0 N–H and O–H groups in total. The second-order valence-corrected chi connectivity index (χ2v) is 3.77. The van der Waals surface area contributed by atoms with E-state index in [1.54, 1.807) is 26.0 Å². The van der Waals surface area contributed by atoms with Gasteiger partial charge in [-0.1, -0.05) is 6.92 Å². The van der Waals surface area contributed by atoms with Gasteiger partial charge in [-0.25, -0.2) is 0 Å². The fourth-order valence-electron chi connectivity index (χ4n) is 1.03. The van der Waals surface area contributed by atoms with Crippen LogP contribution in [0.1, 0.15) is 6.92 Å². The van der Waals surface area contributed by atoms with Crippen LogP contribution in [0.2, 0.25) is 0 Å². The second kappa shape index (κ2) is 5.65. The van der Waals surface area contributed by atoms with Crippen molar-refractivity contribution in [2.75, 3.05) is 27.1 Å². The third kappa shape index (κ3) is 2.65. The van der Waals surface area contributed by atoms with Crippen molar-refractivity contribution in [3.63, 3.8) is 0 Å². The molecule has 1 rings (SSSR count). The monoisotopic (exact) mass is 230 g/mol. The summed E-state index contributed by atoms with van der Waals surface area (Å²) in [5, 5.41) is 0. The molecule has 0 atom stereocenters. The Morgan fingerprint density at radius 3 is 1.87 bits per heavy atom. The van der Waals surface area contributed by atoms with Gasteiger partial charge < -0.3 is 14.2 Å². The summed E-state index contributed by atoms with van der Waals surface area (Å²) in [5.74, 6) is 1.85. The summed E-state index contributed by atoms with van der Waals surface area (Å²) in [6.07, 6.45) is 0. The molecule has 0 radical (unpaired) electrons. The van der Waals surface area contributed by atoms with Crippen molar-refractivity contribution in [3.8, 4) is 17.8 Å². The number of thioether (sulfide) groups is 1. The molecule has 5 nitrogen and oxygen atoms in total. The Hall–Kier alpha value is -1.17. The van der Waals surface area contributed by atoms with Gasteiger partial charge in [0.1, 0.15) is 4.90 Å². The number of methoxy groups -OCH3 is 3. The Balaban J connectivity index is 3.19. The first kappa shape index (κ1) is 11.9. The van der Waals surface area contributed by atoms with E-state index < -0.39 is 0 Å². The molecule has 84 valence electrons. The quantitative estimate of drug-likeness (QED) is 0.716. The lowest BCUT2D eigenvalue weighted by Gasteiger charge is -2.10. The summed E-state index contributed by atoms with van der Waals surface area (Å²) in [4.78, 5) is 8.96. The van der Waals surface area contributed by atoms with Gasteiger partial charge in [0.05, 0.1) is 21.3 Å². The van der Waals surface area contributed by atoms with Crippen molar-refractivity contribution in [1.29, 1.82) is 0 Å². The highest BCUT2D eigenvalue weighted by Crippen LogP contribution is 2.36. The molecule has 1 aromatic rings. The van der Waals surface area contributed by atoms with Gasteiger partial charge in [-0.15, -0.1) is 11.8 Å². The lowest BCUT2D eigenvalue weighted by Crippen LogP contribution is -2.01. The van der Waals surface area contributed by atoms with Gasteiger partial charge in [0.15, 0.2) is 0 Å². The zero-order valence-electron chi connectivity index (χ0n) is 9.23. The molecule has 0 bridgehead atoms. The molecule has 0 aromatic carbocycles. The van der Waals surface area contributed by atoms with Gasteiger partial charge >= 0.3 is 6.01 Å². The van der Waals surface area contributed by atoms with E-state index in [0.29, 0.717) is 11.8 Å². The van der Waals surface area contributed by atoms with Crippen LogP contribution in [-0.4, -0.2) is 37.1 Å². The highest BCUT2D eigenvalue weighted by Gasteiger charge is 2.16. The number of rotatable bonds is 5. The van der Waals surface area contributed by atoms with Gasteiger partial charge in [0.2, 0.25) is 11.8 Å². The maximum absolute atomic E-state index is 5.15. The van der Waals surface area contributed by atoms with Crippen LogP contribution in [0.5, 0.6) is 17.8 Å². The number of aromatic nitrogens is 2. The first-order chi connectivity index (χ1) is 7.26. The molecule has 1 aromatic heterocycles. The minimum atomic E-state index is 0.240. The SMILES string of the molecule is CCSc1c(OC)nc(OC)nc1OC. The number of hydrogen-bond acceptors (Lipinski definition) is 6. The largest absolute Gasteiger partial charge is 0.480 e. The van der Waals surface area contributed by atoms with Gasteiger partial charge in [0.25, 0.3) is 0 Å². The normalized spacial score (nSPS) is 9.87. The summed E-state index contributed by atoms with van der Waals surface area (Å²) in [5.41, 5.74) is 0. The molecule has 0 aliphatic rings. The fraction of sp³-hybridized carbons (Fsp3) is 0.556. The van der Waals surface area contributed by atoms with Crippen LogP contribution in [0, 0.1) is 0 Å². The molecule has 0 unspecified atom stereocenters. The highest BCUT2D eigenvalue weighted by atomic mass is 32.2. The van der Waals surface area contributed by atoms with E-state index in [0.717, 1.165) is 10.6 Å². The van der Waals surface area contributed by atoms with Gasteiger partial charge in [0, 0.05) is 0 Å². The lowest BCUT2D eigenvalue weighted by atomic mass is 10.6. The molecular weight excluding hydrogens is 216 g/mol. The summed E-state index contributed by atoms with van der Waals surface area (Å²) in [6, 6.07) is 0.240. The van der Waals surface area contributed by atoms with Crippen LogP contribution in [0.15, 0.2) is 4.90 Å². The Morgan fingerprint density at radius 2 is 1.53 bits per heavy atom. The van der Waals surface area contributed by atoms with Gasteiger partial charge in [-0.3, -0.25) is 0 Å². The van der Waals surface area contributed by atoms with Crippen LogP contribution in [0.4, 0.5) is 0 Å². The Labute approximate surface area is 93.2 Å². The zero-order chi connectivity index (χ0) is 11.3. The molecular formula is C9H14N2O3S. The second-order valence-electron chi connectivity index (χ2n) is 2.49. The lowest BCUT2D eigenvalue weighted by molar-refractivity contribution is 0.316. The number of hydrogen-bond donors (Lipinski definition) is 0. The van der Waals surface area contributed by atoms with Crippen LogP contribution in [0.3, 0.4) is 0 Å². The Morgan fingerprint density at radius 1 is 1.00 bits per heavy atom. The first-order valence-electron chi connectivity index (χ1n) is 4.43. The zero-order valence-corrected chi connectivity index (χ0v) is 10.1. The van der Waals surface area contributed by atoms with Crippen molar-refractivity contribution < 1.29 is 14.2 Å². The summed E-state index contributed by atoms with van der Waals surface area (Å²) in [7, 11) is 4.61. The summed E-state index contributed by atoms with van der Waals surface area (Å²) >= 11 is 1.57. The Bertz CT molecular complexity index is 308. The molecule has 0 aliphatic heterocycles. The van der Waals surface area contributed by atoms with E-state index in [9.17, 15) is 0 Å². The van der Waals surface area contributed by atoms with E-state index in [4.69, 9.17) is 14.2 Å². The van der Waals surface area contributed by atoms with E-state index >= 15 is 0 Å². The van der Waals surface area contributed by atoms with Crippen LogP contribution >= 0.6 is 11.8 Å². The van der Waals surface area contributed by atoms with Crippen molar-refractivity contribution in [2.24, 2.45) is 0 Å². The summed E-state index contributed by atoms with van der Waals surface area (Å²) in [6.45, 7) is 2.04. The minimum Gasteiger partial charge on any atom is -0.480 e. The maximum Gasteiger partial charge on any atom is 0.322 e. The van der Waals surface area contributed by atoms with E-state index in [1.165, 1.54) is 7.11 Å². The topological polar surface area (TPSA) is 53.5 Å². The molecule has 0 saturated heterocycles. The third-order valence-electron chi connectivity index (χ3n) is 1.64. The van der Waals surface area contributed by atoms with Crippen molar-refractivity contribution >= 4 is 11.8 Å². The van der Waals surface area contributed by atoms with E-state index in [2.05, 4.69) is 9.97 Å². The number of nitrogens with zero attached hydrogens (tertiary/aromatic N) is 2. The van der Waals surface area contributed by atoms with Gasteiger partial charge in [-0.05, 0) is 5.75 Å².